The lowest BCUT2D eigenvalue weighted by atomic mass is 10.2. The molecule has 0 aliphatic carbocycles. The van der Waals surface area contributed by atoms with E-state index in [0.29, 0.717) is 12.2 Å². The second kappa shape index (κ2) is 6.28. The van der Waals surface area contributed by atoms with Gasteiger partial charge >= 0.3 is 0 Å². The van der Waals surface area contributed by atoms with Crippen molar-refractivity contribution in [2.24, 2.45) is 0 Å². The number of hydrogen-bond acceptors (Lipinski definition) is 8. The third kappa shape index (κ3) is 2.97. The molecule has 1 aliphatic rings. The minimum absolute atomic E-state index is 0.108. The second-order valence-electron chi connectivity index (χ2n) is 5.42. The molecule has 24 heavy (non-hydrogen) atoms. The Bertz CT molecular complexity index is 856. The van der Waals surface area contributed by atoms with E-state index in [4.69, 9.17) is 21.9 Å². The normalized spacial score (nSPS) is 22.1. The Morgan fingerprint density at radius 1 is 1.54 bits per heavy atom. The average molecular weight is 374 g/mol. The Kier molecular flexibility index (Phi) is 4.47. The highest BCUT2D eigenvalue weighted by Gasteiger charge is 2.44. The summed E-state index contributed by atoms with van der Waals surface area (Å²) in [6.45, 7) is 1.74. The highest BCUT2D eigenvalue weighted by molar-refractivity contribution is 7.89. The fourth-order valence-corrected chi connectivity index (χ4v) is 4.53. The van der Waals surface area contributed by atoms with E-state index in [9.17, 15) is 13.5 Å². The second-order valence-corrected chi connectivity index (χ2v) is 7.71. The van der Waals surface area contributed by atoms with Crippen LogP contribution in [0.4, 0.5) is 5.82 Å². The molecule has 0 saturated carbocycles. The van der Waals surface area contributed by atoms with Crippen LogP contribution >= 0.6 is 11.6 Å². The minimum atomic E-state index is -4.05. The summed E-state index contributed by atoms with van der Waals surface area (Å²) in [5, 5.41) is 13.9. The van der Waals surface area contributed by atoms with Gasteiger partial charge in [0, 0.05) is 25.6 Å². The molecule has 130 valence electrons. The van der Waals surface area contributed by atoms with Crippen molar-refractivity contribution in [1.29, 1.82) is 0 Å². The van der Waals surface area contributed by atoms with Crippen molar-refractivity contribution in [2.75, 3.05) is 12.3 Å². The molecule has 0 aromatic carbocycles. The first-order chi connectivity index (χ1) is 11.3. The summed E-state index contributed by atoms with van der Waals surface area (Å²) >= 11 is 5.84. The van der Waals surface area contributed by atoms with Gasteiger partial charge in [-0.3, -0.25) is 0 Å². The zero-order valence-electron chi connectivity index (χ0n) is 12.8. The topological polar surface area (TPSA) is 135 Å². The number of halogens is 1. The number of nitrogens with zero attached hydrogens (tertiary/aromatic N) is 4. The monoisotopic (exact) mass is 373 g/mol. The van der Waals surface area contributed by atoms with Gasteiger partial charge in [0.1, 0.15) is 16.8 Å². The van der Waals surface area contributed by atoms with Gasteiger partial charge in [0.05, 0.1) is 11.1 Å². The first-order valence-electron chi connectivity index (χ1n) is 7.26. The summed E-state index contributed by atoms with van der Waals surface area (Å²) in [6.07, 6.45) is 1.11. The van der Waals surface area contributed by atoms with Crippen LogP contribution in [0.25, 0.3) is 0 Å². The van der Waals surface area contributed by atoms with Gasteiger partial charge in [-0.1, -0.05) is 23.7 Å². The Morgan fingerprint density at radius 3 is 2.96 bits per heavy atom. The Labute approximate surface area is 143 Å². The maximum atomic E-state index is 13.0. The van der Waals surface area contributed by atoms with Crippen molar-refractivity contribution >= 4 is 27.4 Å². The van der Waals surface area contributed by atoms with Crippen LogP contribution in [-0.2, 0) is 16.4 Å². The molecular formula is C13H16ClN5O4S. The largest absolute Gasteiger partial charge is 0.392 e. The van der Waals surface area contributed by atoms with Crippen LogP contribution < -0.4 is 5.73 Å². The highest BCUT2D eigenvalue weighted by Crippen LogP contribution is 2.37. The molecule has 9 nitrogen and oxygen atoms in total. The highest BCUT2D eigenvalue weighted by atomic mass is 35.5. The number of aliphatic hydroxyl groups is 1. The first kappa shape index (κ1) is 17.1. The Morgan fingerprint density at radius 2 is 2.29 bits per heavy atom. The molecule has 0 bridgehead atoms. The molecule has 0 amide bonds. The molecule has 0 spiro atoms. The summed E-state index contributed by atoms with van der Waals surface area (Å²) in [5.41, 5.74) is 5.70. The van der Waals surface area contributed by atoms with Gasteiger partial charge in [-0.05, 0) is 6.07 Å². The summed E-state index contributed by atoms with van der Waals surface area (Å²) in [5.74, 6) is 0.438. The SMILES string of the molecule is CCc1noc([C@H]2C[C@H](O)CN2S(=O)(=O)c2cc(Cl)cnc2N)n1. The van der Waals surface area contributed by atoms with Gasteiger partial charge in [0.2, 0.25) is 15.9 Å². The quantitative estimate of drug-likeness (QED) is 0.801. The van der Waals surface area contributed by atoms with Gasteiger partial charge in [-0.2, -0.15) is 9.29 Å². The maximum Gasteiger partial charge on any atom is 0.247 e. The molecule has 2 atom stereocenters. The summed E-state index contributed by atoms with van der Waals surface area (Å²) in [6, 6.07) is 0.461. The number of rotatable bonds is 4. The van der Waals surface area contributed by atoms with Gasteiger partial charge in [0.25, 0.3) is 0 Å². The van der Waals surface area contributed by atoms with Crippen molar-refractivity contribution in [3.63, 3.8) is 0 Å². The van der Waals surface area contributed by atoms with Crippen LogP contribution in [-0.4, -0.2) is 45.6 Å². The number of sulfonamides is 1. The smallest absolute Gasteiger partial charge is 0.247 e. The first-order valence-corrected chi connectivity index (χ1v) is 9.08. The summed E-state index contributed by atoms with van der Waals surface area (Å²) < 4.78 is 32.2. The lowest BCUT2D eigenvalue weighted by Gasteiger charge is -2.21. The van der Waals surface area contributed by atoms with Crippen molar-refractivity contribution in [2.45, 2.75) is 36.8 Å². The number of aromatic nitrogens is 3. The Hall–Kier alpha value is -1.75. The molecule has 1 aliphatic heterocycles. The van der Waals surface area contributed by atoms with Crippen LogP contribution in [0, 0.1) is 0 Å². The van der Waals surface area contributed by atoms with E-state index < -0.39 is 22.2 Å². The molecule has 1 fully saturated rings. The number of nitrogens with two attached hydrogens (primary N) is 1. The van der Waals surface area contributed by atoms with Gasteiger partial charge in [-0.15, -0.1) is 0 Å². The van der Waals surface area contributed by atoms with Crippen LogP contribution in [0.2, 0.25) is 5.02 Å². The van der Waals surface area contributed by atoms with E-state index in [2.05, 4.69) is 15.1 Å². The van der Waals surface area contributed by atoms with E-state index in [1.807, 2.05) is 6.92 Å². The molecule has 2 aromatic rings. The lowest BCUT2D eigenvalue weighted by Crippen LogP contribution is -2.32. The summed E-state index contributed by atoms with van der Waals surface area (Å²) in [4.78, 5) is 7.73. The molecule has 3 heterocycles. The number of nitrogen functional groups attached to an aromatic ring is 1. The molecule has 2 aromatic heterocycles. The third-order valence-corrected chi connectivity index (χ3v) is 5.86. The van der Waals surface area contributed by atoms with Crippen molar-refractivity contribution in [3.05, 3.63) is 29.0 Å². The summed E-state index contributed by atoms with van der Waals surface area (Å²) in [7, 11) is -4.05. The number of hydrogen-bond donors (Lipinski definition) is 2. The standard InChI is InChI=1S/C13H16ClN5O4S/c1-2-11-17-13(23-18-11)9-4-8(20)6-19(9)24(21,22)10-3-7(14)5-16-12(10)15/h3,5,8-9,20H,2,4,6H2,1H3,(H2,15,16)/t8-,9+/m0/s1. The van der Waals surface area contributed by atoms with Crippen LogP contribution in [0.1, 0.15) is 31.1 Å². The molecule has 3 N–H and O–H groups in total. The predicted octanol–water partition coefficient (Wildman–Crippen LogP) is 0.759. The lowest BCUT2D eigenvalue weighted by molar-refractivity contribution is 0.188. The maximum absolute atomic E-state index is 13.0. The Balaban J connectivity index is 2.03. The van der Waals surface area contributed by atoms with Crippen LogP contribution in [0.15, 0.2) is 21.7 Å². The molecule has 11 heteroatoms. The van der Waals surface area contributed by atoms with Gasteiger partial charge in [-0.25, -0.2) is 13.4 Å². The van der Waals surface area contributed by atoms with E-state index in [-0.39, 0.29) is 34.6 Å². The van der Waals surface area contributed by atoms with E-state index in [1.165, 1.54) is 12.3 Å². The molecule has 0 unspecified atom stereocenters. The number of β-amino-alcohol motifs (C(OH)–C–C–N with tert-alkyl or cyclic N) is 1. The average Bonchev–Trinajstić information content (AvgIpc) is 3.15. The van der Waals surface area contributed by atoms with E-state index in [1.54, 1.807) is 0 Å². The zero-order chi connectivity index (χ0) is 17.5. The number of aliphatic hydroxyl groups excluding tert-OH is 1. The molecule has 0 radical (unpaired) electrons. The van der Waals surface area contributed by atoms with Gasteiger partial charge in [0.15, 0.2) is 5.82 Å². The molecule has 3 rings (SSSR count). The van der Waals surface area contributed by atoms with E-state index in [0.717, 1.165) is 4.31 Å². The fourth-order valence-electron chi connectivity index (χ4n) is 2.59. The predicted molar refractivity (Wildman–Crippen MR) is 84.6 cm³/mol. The van der Waals surface area contributed by atoms with Gasteiger partial charge < -0.3 is 15.4 Å². The number of pyridine rings is 1. The van der Waals surface area contributed by atoms with Crippen molar-refractivity contribution < 1.29 is 18.0 Å². The third-order valence-electron chi connectivity index (χ3n) is 3.75. The number of anilines is 1. The van der Waals surface area contributed by atoms with Crippen molar-refractivity contribution in [1.82, 2.24) is 19.4 Å². The van der Waals surface area contributed by atoms with Crippen LogP contribution in [0.5, 0.6) is 0 Å². The number of aryl methyl sites for hydroxylation is 1. The zero-order valence-corrected chi connectivity index (χ0v) is 14.3. The van der Waals surface area contributed by atoms with Crippen molar-refractivity contribution in [3.8, 4) is 0 Å². The fraction of sp³-hybridized carbons (Fsp3) is 0.462. The molecular weight excluding hydrogens is 358 g/mol. The van der Waals surface area contributed by atoms with E-state index >= 15 is 0 Å². The minimum Gasteiger partial charge on any atom is -0.392 e. The van der Waals surface area contributed by atoms with Crippen LogP contribution in [0.3, 0.4) is 0 Å². The molecule has 1 saturated heterocycles.